The van der Waals surface area contributed by atoms with Crippen molar-refractivity contribution in [2.45, 2.75) is 126 Å². The second-order valence-electron chi connectivity index (χ2n) is 20.1. The topological polar surface area (TPSA) is 279 Å². The molecule has 3 saturated heterocycles. The van der Waals surface area contributed by atoms with Gasteiger partial charge in [-0.2, -0.15) is 8.78 Å². The van der Waals surface area contributed by atoms with Crippen molar-refractivity contribution in [3.63, 3.8) is 0 Å². The van der Waals surface area contributed by atoms with Gasteiger partial charge in [0.2, 0.25) is 35.4 Å². The second kappa shape index (κ2) is 24.0. The van der Waals surface area contributed by atoms with E-state index in [1.807, 2.05) is 36.4 Å². The second-order valence-corrected chi connectivity index (χ2v) is 24.0. The molecule has 3 fully saturated rings. The molecule has 0 saturated carbocycles. The molecule has 6 heterocycles. The number of hydrogen-bond donors (Lipinski definition) is 6. The van der Waals surface area contributed by atoms with Gasteiger partial charge in [0, 0.05) is 90.2 Å². The molecular formula is C55H57F2N8O11PS2. The van der Waals surface area contributed by atoms with E-state index < -0.39 is 78.6 Å². The summed E-state index contributed by atoms with van der Waals surface area (Å²) in [4.78, 5) is 136. The van der Waals surface area contributed by atoms with Crippen LogP contribution in [0.3, 0.4) is 0 Å². The van der Waals surface area contributed by atoms with Gasteiger partial charge in [-0.05, 0) is 91.8 Å². The Labute approximate surface area is 460 Å². The molecular weight excluding hydrogens is 1080 g/mol. The van der Waals surface area contributed by atoms with Crippen molar-refractivity contribution in [3.05, 3.63) is 122 Å². The predicted molar refractivity (Wildman–Crippen MR) is 287 cm³/mol. The van der Waals surface area contributed by atoms with Gasteiger partial charge in [-0.25, -0.2) is 4.98 Å². The summed E-state index contributed by atoms with van der Waals surface area (Å²) < 4.78 is 41.4. The van der Waals surface area contributed by atoms with Crippen LogP contribution in [0.1, 0.15) is 135 Å². The van der Waals surface area contributed by atoms with E-state index in [2.05, 4.69) is 32.8 Å². The molecule has 19 nitrogen and oxygen atoms in total. The molecule has 0 bridgehead atoms. The van der Waals surface area contributed by atoms with Crippen LogP contribution < -0.4 is 21.7 Å². The van der Waals surface area contributed by atoms with Crippen molar-refractivity contribution in [2.24, 2.45) is 5.73 Å². The molecule has 24 heteroatoms. The third-order valence-corrected chi connectivity index (χ3v) is 17.9. The Morgan fingerprint density at radius 1 is 0.937 bits per heavy atom. The van der Waals surface area contributed by atoms with E-state index in [1.54, 1.807) is 18.3 Å². The van der Waals surface area contributed by atoms with Crippen LogP contribution in [0.15, 0.2) is 79.0 Å². The highest BCUT2D eigenvalue weighted by molar-refractivity contribution is 7.52. The molecule has 4 aliphatic rings. The van der Waals surface area contributed by atoms with E-state index in [1.165, 1.54) is 38.2 Å². The Balaban J connectivity index is 0.876. The quantitative estimate of drug-likeness (QED) is 0.0265. The van der Waals surface area contributed by atoms with E-state index >= 15 is 0 Å². The fraction of sp³-hybridized carbons (Fsp3) is 0.400. The number of thiophene rings is 1. The number of hydrogen-bond acceptors (Lipinski definition) is 12. The molecule has 8 amide bonds. The van der Waals surface area contributed by atoms with E-state index in [0.29, 0.717) is 71.3 Å². The number of aromatic nitrogens is 1. The zero-order chi connectivity index (χ0) is 56.2. The molecule has 0 spiro atoms. The summed E-state index contributed by atoms with van der Waals surface area (Å²) in [6, 6.07) is 14.9. The third kappa shape index (κ3) is 12.8. The number of fused-ring (bicyclic) bond motifs is 3. The monoisotopic (exact) mass is 1140 g/mol. The minimum Gasteiger partial charge on any atom is -0.370 e. The number of nitrogens with zero attached hydrogens (tertiary/aromatic N) is 4. The summed E-state index contributed by atoms with van der Waals surface area (Å²) in [5.74, 6) is 2.42. The fourth-order valence-corrected chi connectivity index (χ4v) is 13.0. The molecule has 7 N–H and O–H groups in total. The minimum atomic E-state index is -5.90. The van der Waals surface area contributed by atoms with E-state index in [4.69, 9.17) is 5.73 Å². The Hall–Kier alpha value is -7.22. The summed E-state index contributed by atoms with van der Waals surface area (Å²) in [5, 5.41) is 8.75. The zero-order valence-electron chi connectivity index (χ0n) is 42.7. The Kier molecular flexibility index (Phi) is 17.2. The number of nitrogens with one attached hydrogen (secondary N) is 3. The van der Waals surface area contributed by atoms with Gasteiger partial charge in [0.05, 0.1) is 10.9 Å². The minimum absolute atomic E-state index is 0.0125. The van der Waals surface area contributed by atoms with Crippen LogP contribution in [-0.4, -0.2) is 114 Å². The smallest absolute Gasteiger partial charge is 0.370 e. The lowest BCUT2D eigenvalue weighted by atomic mass is 10.0. The summed E-state index contributed by atoms with van der Waals surface area (Å²) in [6.07, 6.45) is 6.11. The Bertz CT molecular complexity index is 3340. The van der Waals surface area contributed by atoms with Gasteiger partial charge in [0.1, 0.15) is 23.1 Å². The van der Waals surface area contributed by atoms with Crippen LogP contribution in [0.25, 0.3) is 10.1 Å². The van der Waals surface area contributed by atoms with Gasteiger partial charge in [-0.15, -0.1) is 22.7 Å². The summed E-state index contributed by atoms with van der Waals surface area (Å²) in [7, 11) is -5.90. The molecule has 2 aromatic heterocycles. The van der Waals surface area contributed by atoms with E-state index in [0.717, 1.165) is 33.9 Å². The first-order valence-electron chi connectivity index (χ1n) is 26.0. The van der Waals surface area contributed by atoms with Crippen LogP contribution in [-0.2, 0) is 52.0 Å². The zero-order valence-corrected chi connectivity index (χ0v) is 45.2. The molecule has 3 aromatic carbocycles. The highest BCUT2D eigenvalue weighted by Gasteiger charge is 2.51. The average molecular weight is 1140 g/mol. The molecule has 414 valence electrons. The first kappa shape index (κ1) is 56.5. The van der Waals surface area contributed by atoms with Gasteiger partial charge in [0.25, 0.3) is 11.8 Å². The number of primary amides is 1. The number of carbonyl (C=O) groups is 8. The van der Waals surface area contributed by atoms with Crippen LogP contribution in [0.5, 0.6) is 0 Å². The number of piperidine rings is 1. The maximum atomic E-state index is 15.0. The highest BCUT2D eigenvalue weighted by atomic mass is 32.1. The van der Waals surface area contributed by atoms with Crippen LogP contribution in [0.4, 0.5) is 8.78 Å². The highest BCUT2D eigenvalue weighted by Crippen LogP contribution is 2.59. The summed E-state index contributed by atoms with van der Waals surface area (Å²) >= 11 is 2.28. The molecule has 2 unspecified atom stereocenters. The lowest BCUT2D eigenvalue weighted by Gasteiger charge is -2.39. The maximum absolute atomic E-state index is 15.0. The van der Waals surface area contributed by atoms with Crippen molar-refractivity contribution < 1.29 is 61.5 Å². The van der Waals surface area contributed by atoms with Crippen LogP contribution in [0.2, 0.25) is 0 Å². The molecule has 4 aliphatic heterocycles. The van der Waals surface area contributed by atoms with Crippen molar-refractivity contribution >= 4 is 87.6 Å². The number of imide groups is 1. The average Bonchev–Trinajstić information content (AvgIpc) is 4.42. The SMILES string of the molecule is NC(=O)CCC(NC(=O)[C@@H]1CC[C@@H]2CCN(C(=O)CCCCCC#Cc3cccc4c3CN(C3CCC(=O)NC3=O)C4=O)C[C@H](NC(=O)c3cc4cc(C(F)(F)P(=O)(O)O)ccc4s3)C(=O)N21)c1ncc(Cc2ccccc2)s1. The Morgan fingerprint density at radius 2 is 1.73 bits per heavy atom. The number of amides is 8. The van der Waals surface area contributed by atoms with Crippen molar-refractivity contribution in [3.8, 4) is 11.8 Å². The van der Waals surface area contributed by atoms with Gasteiger partial charge in [0.15, 0.2) is 0 Å². The number of carbonyl (C=O) groups excluding carboxylic acids is 8. The van der Waals surface area contributed by atoms with Crippen molar-refractivity contribution in [1.82, 2.24) is 35.6 Å². The third-order valence-electron chi connectivity index (χ3n) is 14.7. The van der Waals surface area contributed by atoms with Crippen molar-refractivity contribution in [1.29, 1.82) is 0 Å². The normalized spacial score (nSPS) is 19.9. The first-order chi connectivity index (χ1) is 37.7. The largest absolute Gasteiger partial charge is 0.399 e. The van der Waals surface area contributed by atoms with Crippen LogP contribution in [0, 0.1) is 11.8 Å². The molecule has 0 aliphatic carbocycles. The number of thiazole rings is 1. The lowest BCUT2D eigenvalue weighted by Crippen LogP contribution is -2.61. The predicted octanol–water partition coefficient (Wildman–Crippen LogP) is 5.75. The van der Waals surface area contributed by atoms with Gasteiger partial charge < -0.3 is 40.9 Å². The lowest BCUT2D eigenvalue weighted by molar-refractivity contribution is -0.145. The van der Waals surface area contributed by atoms with Gasteiger partial charge in [-0.1, -0.05) is 60.7 Å². The molecule has 79 heavy (non-hydrogen) atoms. The first-order valence-corrected chi connectivity index (χ1v) is 29.2. The van der Waals surface area contributed by atoms with E-state index in [-0.39, 0.29) is 86.1 Å². The van der Waals surface area contributed by atoms with Gasteiger partial charge in [-0.3, -0.25) is 48.2 Å². The number of rotatable bonds is 18. The molecule has 0 radical (unpaired) electrons. The number of nitrogens with two attached hydrogens (primary N) is 1. The summed E-state index contributed by atoms with van der Waals surface area (Å²) in [6.45, 7) is 0.124. The number of halogens is 2. The van der Waals surface area contributed by atoms with Crippen molar-refractivity contribution in [2.75, 3.05) is 13.1 Å². The van der Waals surface area contributed by atoms with Crippen LogP contribution >= 0.6 is 30.3 Å². The summed E-state index contributed by atoms with van der Waals surface area (Å²) in [5.41, 5.74) is 3.00. The number of benzene rings is 3. The molecule has 5 aromatic rings. The Morgan fingerprint density at radius 3 is 2.49 bits per heavy atom. The standard InChI is InChI=1S/C55H57F2N8O11PS2/c56-55(57,77(74,75)76)35-16-21-44-34(27-35)28-45(79-44)51(71)61-41-31-63(48(68)15-8-3-1-2-7-12-33-13-9-14-38-39(33)30-64(53(38)72)42-20-23-47(67)62-49(42)69)25-24-36-17-19-43(65(36)54(41)73)50(70)60-40(18-22-46(58)66)52-59-29-37(78-52)26-32-10-5-4-6-11-32/h4-6,9-11,13-14,16,21,27-29,36,40-43H,1-3,8,15,17-20,22-26,30-31H2,(H2,58,66)(H,60,70)(H,61,71)(H,62,67,69)(H2,74,75,76)/t36-,40?,41+,42?,43+/m1/s1. The molecule has 5 atom stereocenters. The van der Waals surface area contributed by atoms with E-state index in [9.17, 15) is 61.5 Å². The number of alkyl halides is 2. The number of unbranched alkanes of at least 4 members (excludes halogenated alkanes) is 3. The van der Waals surface area contributed by atoms with Gasteiger partial charge >= 0.3 is 13.3 Å². The maximum Gasteiger partial charge on any atom is 0.399 e. The molecule has 9 rings (SSSR count). The fourth-order valence-electron chi connectivity index (χ4n) is 10.6.